The molecule has 3 aromatic heterocycles. The van der Waals surface area contributed by atoms with Crippen molar-refractivity contribution >= 4 is 17.0 Å². The van der Waals surface area contributed by atoms with Crippen LogP contribution < -0.4 is 0 Å². The predicted molar refractivity (Wildman–Crippen MR) is 115 cm³/mol. The van der Waals surface area contributed by atoms with Crippen LogP contribution >= 0.6 is 0 Å². The zero-order valence-corrected chi connectivity index (χ0v) is 17.8. The first-order chi connectivity index (χ1) is 14.9. The van der Waals surface area contributed by atoms with Gasteiger partial charge in [-0.2, -0.15) is 15.5 Å². The summed E-state index contributed by atoms with van der Waals surface area (Å²) >= 11 is 0. The zero-order valence-electron chi connectivity index (χ0n) is 17.8. The molecule has 0 aliphatic rings. The number of carbonyl (C=O) groups excluding carboxylic acids is 1. The Morgan fingerprint density at radius 1 is 1.23 bits per heavy atom. The smallest absolute Gasteiger partial charge is 0.339 e. The lowest BCUT2D eigenvalue weighted by Crippen LogP contribution is -2.11. The number of hydrogen-bond donors (Lipinski definition) is 0. The van der Waals surface area contributed by atoms with E-state index in [0.717, 1.165) is 5.69 Å². The lowest BCUT2D eigenvalue weighted by Gasteiger charge is -2.11. The minimum absolute atomic E-state index is 0.0847. The molecule has 1 aromatic carbocycles. The molecular formula is C23H22N6O2. The Labute approximate surface area is 179 Å². The molecule has 0 fully saturated rings. The lowest BCUT2D eigenvalue weighted by atomic mass is 10.1. The first kappa shape index (κ1) is 20.3. The Morgan fingerprint density at radius 2 is 1.97 bits per heavy atom. The molecule has 0 unspecified atom stereocenters. The molecular weight excluding hydrogens is 392 g/mol. The number of esters is 1. The van der Waals surface area contributed by atoms with E-state index in [0.29, 0.717) is 39.2 Å². The summed E-state index contributed by atoms with van der Waals surface area (Å²) in [6, 6.07) is 13.4. The molecule has 31 heavy (non-hydrogen) atoms. The minimum atomic E-state index is -0.499. The number of ether oxygens (including phenoxy) is 1. The topological polar surface area (TPSA) is 98.6 Å². The van der Waals surface area contributed by atoms with Crippen LogP contribution in [0.2, 0.25) is 0 Å². The molecule has 156 valence electrons. The van der Waals surface area contributed by atoms with Crippen molar-refractivity contribution in [3.05, 3.63) is 70.8 Å². The Balaban J connectivity index is 1.69. The fraction of sp³-hybridized carbons (Fsp3) is 0.261. The third kappa shape index (κ3) is 3.66. The molecule has 0 radical (unpaired) electrons. The molecule has 8 heteroatoms. The highest BCUT2D eigenvalue weighted by Gasteiger charge is 2.21. The van der Waals surface area contributed by atoms with Gasteiger partial charge in [0.1, 0.15) is 18.2 Å². The molecule has 0 amide bonds. The molecule has 0 aliphatic heterocycles. The second-order valence-electron chi connectivity index (χ2n) is 7.57. The predicted octanol–water partition coefficient (Wildman–Crippen LogP) is 4.04. The van der Waals surface area contributed by atoms with Crippen molar-refractivity contribution < 1.29 is 9.53 Å². The van der Waals surface area contributed by atoms with E-state index in [1.54, 1.807) is 28.6 Å². The molecule has 4 rings (SSSR count). The molecule has 0 N–H and O–H groups in total. The Morgan fingerprint density at radius 3 is 2.65 bits per heavy atom. The van der Waals surface area contributed by atoms with Crippen molar-refractivity contribution in [2.75, 3.05) is 0 Å². The van der Waals surface area contributed by atoms with Crippen molar-refractivity contribution in [2.24, 2.45) is 0 Å². The van der Waals surface area contributed by atoms with E-state index < -0.39 is 5.97 Å². The SMILES string of the molecule is Cc1cc(C(=O)OCc2c(C#N)c(C)nn2-c2ccccc2)c2cnn(C(C)C)c2n1. The van der Waals surface area contributed by atoms with Crippen molar-refractivity contribution in [2.45, 2.75) is 40.3 Å². The van der Waals surface area contributed by atoms with Gasteiger partial charge in [0.25, 0.3) is 0 Å². The summed E-state index contributed by atoms with van der Waals surface area (Å²) in [6.45, 7) is 7.52. The summed E-state index contributed by atoms with van der Waals surface area (Å²) in [5.41, 5.74) is 4.04. The van der Waals surface area contributed by atoms with Crippen LogP contribution in [-0.2, 0) is 11.3 Å². The summed E-state index contributed by atoms with van der Waals surface area (Å²) in [6.07, 6.45) is 1.64. The number of para-hydroxylation sites is 1. The lowest BCUT2D eigenvalue weighted by molar-refractivity contribution is 0.0467. The van der Waals surface area contributed by atoms with Gasteiger partial charge in [0.15, 0.2) is 5.65 Å². The van der Waals surface area contributed by atoms with Gasteiger partial charge in [0.05, 0.1) is 34.2 Å². The van der Waals surface area contributed by atoms with E-state index in [2.05, 4.69) is 21.3 Å². The van der Waals surface area contributed by atoms with Crippen molar-refractivity contribution in [3.63, 3.8) is 0 Å². The van der Waals surface area contributed by atoms with Crippen LogP contribution in [-0.4, -0.2) is 30.5 Å². The highest BCUT2D eigenvalue weighted by molar-refractivity contribution is 6.02. The number of benzene rings is 1. The van der Waals surface area contributed by atoms with E-state index >= 15 is 0 Å². The van der Waals surface area contributed by atoms with Gasteiger partial charge in [0, 0.05) is 11.7 Å². The number of aromatic nitrogens is 5. The van der Waals surface area contributed by atoms with Crippen LogP contribution in [0.5, 0.6) is 0 Å². The van der Waals surface area contributed by atoms with Crippen molar-refractivity contribution in [1.29, 1.82) is 5.26 Å². The number of nitrogens with zero attached hydrogens (tertiary/aromatic N) is 6. The quantitative estimate of drug-likeness (QED) is 0.457. The molecule has 0 spiro atoms. The normalized spacial score (nSPS) is 11.1. The van der Waals surface area contributed by atoms with Crippen LogP contribution in [0.3, 0.4) is 0 Å². The van der Waals surface area contributed by atoms with E-state index in [1.165, 1.54) is 0 Å². The zero-order chi connectivity index (χ0) is 22.1. The van der Waals surface area contributed by atoms with Gasteiger partial charge in [-0.3, -0.25) is 0 Å². The first-order valence-corrected chi connectivity index (χ1v) is 9.96. The molecule has 0 saturated heterocycles. The highest BCUT2D eigenvalue weighted by atomic mass is 16.5. The number of hydrogen-bond acceptors (Lipinski definition) is 6. The first-order valence-electron chi connectivity index (χ1n) is 9.96. The maximum absolute atomic E-state index is 13.0. The third-order valence-electron chi connectivity index (χ3n) is 5.01. The average molecular weight is 414 g/mol. The van der Waals surface area contributed by atoms with Crippen LogP contribution in [0.15, 0.2) is 42.6 Å². The van der Waals surface area contributed by atoms with Crippen LogP contribution in [0.1, 0.15) is 52.9 Å². The Bertz CT molecular complexity index is 1310. The van der Waals surface area contributed by atoms with Gasteiger partial charge in [-0.25, -0.2) is 19.1 Å². The van der Waals surface area contributed by atoms with Gasteiger partial charge in [0.2, 0.25) is 0 Å². The molecule has 4 aromatic rings. The van der Waals surface area contributed by atoms with E-state index in [-0.39, 0.29) is 12.6 Å². The fourth-order valence-corrected chi connectivity index (χ4v) is 3.54. The van der Waals surface area contributed by atoms with Gasteiger partial charge >= 0.3 is 5.97 Å². The Hall–Kier alpha value is -3.99. The van der Waals surface area contributed by atoms with E-state index in [4.69, 9.17) is 4.74 Å². The number of aryl methyl sites for hydroxylation is 2. The number of carbonyl (C=O) groups is 1. The number of nitriles is 1. The van der Waals surface area contributed by atoms with Gasteiger partial charge in [-0.15, -0.1) is 0 Å². The van der Waals surface area contributed by atoms with Crippen molar-refractivity contribution in [3.8, 4) is 11.8 Å². The second kappa shape index (κ2) is 8.03. The van der Waals surface area contributed by atoms with E-state index in [9.17, 15) is 10.1 Å². The fourth-order valence-electron chi connectivity index (χ4n) is 3.54. The maximum atomic E-state index is 13.0. The largest absolute Gasteiger partial charge is 0.456 e. The number of pyridine rings is 1. The van der Waals surface area contributed by atoms with Crippen LogP contribution in [0.4, 0.5) is 0 Å². The van der Waals surface area contributed by atoms with Crippen molar-refractivity contribution in [1.82, 2.24) is 24.5 Å². The van der Waals surface area contributed by atoms with Gasteiger partial charge in [-0.1, -0.05) is 18.2 Å². The summed E-state index contributed by atoms with van der Waals surface area (Å²) in [7, 11) is 0. The van der Waals surface area contributed by atoms with Crippen LogP contribution in [0.25, 0.3) is 16.7 Å². The Kier molecular flexibility index (Phi) is 5.26. The summed E-state index contributed by atoms with van der Waals surface area (Å²) in [4.78, 5) is 17.6. The van der Waals surface area contributed by atoms with E-state index in [1.807, 2.05) is 51.1 Å². The maximum Gasteiger partial charge on any atom is 0.339 e. The highest BCUT2D eigenvalue weighted by Crippen LogP contribution is 2.23. The van der Waals surface area contributed by atoms with Gasteiger partial charge < -0.3 is 4.74 Å². The molecule has 0 aliphatic carbocycles. The second-order valence-corrected chi connectivity index (χ2v) is 7.57. The number of rotatable bonds is 5. The summed E-state index contributed by atoms with van der Waals surface area (Å²) in [5.74, 6) is -0.499. The van der Waals surface area contributed by atoms with Crippen LogP contribution in [0, 0.1) is 25.2 Å². The average Bonchev–Trinajstić information content (AvgIpc) is 3.32. The molecule has 3 heterocycles. The molecule has 0 saturated carbocycles. The summed E-state index contributed by atoms with van der Waals surface area (Å²) < 4.78 is 9.07. The number of fused-ring (bicyclic) bond motifs is 1. The molecule has 0 bridgehead atoms. The molecule has 8 nitrogen and oxygen atoms in total. The standard InChI is InChI=1S/C23H22N6O2/c1-14(2)28-22-20(12-25-28)18(10-15(3)26-22)23(30)31-13-21-19(11-24)16(4)27-29(21)17-8-6-5-7-9-17/h5-10,12,14H,13H2,1-4H3. The monoisotopic (exact) mass is 414 g/mol. The minimum Gasteiger partial charge on any atom is -0.456 e. The summed E-state index contributed by atoms with van der Waals surface area (Å²) in [5, 5.41) is 19.1. The third-order valence-corrected chi connectivity index (χ3v) is 5.01. The van der Waals surface area contributed by atoms with Gasteiger partial charge in [-0.05, 0) is 45.9 Å². The molecule has 0 atom stereocenters.